The normalized spacial score (nSPS) is 23.3. The minimum Gasteiger partial charge on any atom is -0.393 e. The molecule has 16 heavy (non-hydrogen) atoms. The molecule has 0 spiro atoms. The summed E-state index contributed by atoms with van der Waals surface area (Å²) in [5.74, 6) is -0.0778. The first-order chi connectivity index (χ1) is 7.70. The number of anilines is 1. The molecule has 0 aliphatic heterocycles. The first-order valence-corrected chi connectivity index (χ1v) is 5.31. The lowest BCUT2D eigenvalue weighted by Crippen LogP contribution is -2.33. The second kappa shape index (κ2) is 4.50. The van der Waals surface area contributed by atoms with Crippen molar-refractivity contribution >= 4 is 5.69 Å². The topological polar surface area (TPSA) is 56.0 Å². The third kappa shape index (κ3) is 2.15. The molecule has 0 heterocycles. The fourth-order valence-electron chi connectivity index (χ4n) is 1.91. The quantitative estimate of drug-likeness (QED) is 0.817. The molecule has 0 saturated heterocycles. The summed E-state index contributed by atoms with van der Waals surface area (Å²) in [5, 5.41) is 21.0. The first-order valence-electron chi connectivity index (χ1n) is 5.31. The molecule has 84 valence electrons. The van der Waals surface area contributed by atoms with Crippen LogP contribution in [0.5, 0.6) is 0 Å². The Morgan fingerprint density at radius 1 is 1.50 bits per heavy atom. The van der Waals surface area contributed by atoms with Crippen molar-refractivity contribution < 1.29 is 9.50 Å². The number of nitrogens with zero attached hydrogens (tertiary/aromatic N) is 1. The summed E-state index contributed by atoms with van der Waals surface area (Å²) in [6.07, 6.45) is 1.38. The number of aliphatic hydroxyl groups is 1. The van der Waals surface area contributed by atoms with E-state index in [2.05, 4.69) is 5.32 Å². The van der Waals surface area contributed by atoms with Crippen LogP contribution in [0.4, 0.5) is 10.1 Å². The second-order valence-electron chi connectivity index (χ2n) is 4.15. The molecule has 0 radical (unpaired) electrons. The molecule has 4 heteroatoms. The van der Waals surface area contributed by atoms with Crippen LogP contribution in [-0.2, 0) is 0 Å². The van der Waals surface area contributed by atoms with Crippen molar-refractivity contribution in [2.75, 3.05) is 11.9 Å². The Bertz CT molecular complexity index is 422. The number of nitriles is 1. The fraction of sp³-hybridized carbons (Fsp3) is 0.417. The van der Waals surface area contributed by atoms with Crippen LogP contribution in [-0.4, -0.2) is 17.8 Å². The molecule has 1 saturated carbocycles. The van der Waals surface area contributed by atoms with Crippen molar-refractivity contribution in [3.05, 3.63) is 29.6 Å². The number of benzene rings is 1. The number of rotatable bonds is 3. The van der Waals surface area contributed by atoms with Crippen LogP contribution < -0.4 is 5.32 Å². The smallest absolute Gasteiger partial charge is 0.143 e. The summed E-state index contributed by atoms with van der Waals surface area (Å²) in [7, 11) is 0. The highest BCUT2D eigenvalue weighted by Gasteiger charge is 2.26. The van der Waals surface area contributed by atoms with E-state index in [4.69, 9.17) is 10.4 Å². The average molecular weight is 220 g/mol. The molecule has 0 aromatic heterocycles. The van der Waals surface area contributed by atoms with Crippen molar-refractivity contribution in [3.63, 3.8) is 0 Å². The van der Waals surface area contributed by atoms with E-state index in [1.807, 2.05) is 6.07 Å². The predicted molar refractivity (Wildman–Crippen MR) is 58.3 cm³/mol. The van der Waals surface area contributed by atoms with Gasteiger partial charge in [-0.3, -0.25) is 0 Å². The summed E-state index contributed by atoms with van der Waals surface area (Å²) in [4.78, 5) is 0. The van der Waals surface area contributed by atoms with Gasteiger partial charge in [0.1, 0.15) is 17.4 Å². The summed E-state index contributed by atoms with van der Waals surface area (Å²) in [5.41, 5.74) is 0.589. The summed E-state index contributed by atoms with van der Waals surface area (Å²) in [6.45, 7) is 0.676. The van der Waals surface area contributed by atoms with E-state index in [1.165, 1.54) is 6.07 Å². The molecule has 2 N–H and O–H groups in total. The summed E-state index contributed by atoms with van der Waals surface area (Å²) >= 11 is 0. The molecule has 0 unspecified atom stereocenters. The Balaban J connectivity index is 1.99. The summed E-state index contributed by atoms with van der Waals surface area (Å²) < 4.78 is 13.2. The Labute approximate surface area is 93.5 Å². The van der Waals surface area contributed by atoms with Crippen LogP contribution in [0.15, 0.2) is 18.2 Å². The minimum atomic E-state index is -0.499. The molecule has 0 amide bonds. The van der Waals surface area contributed by atoms with Gasteiger partial charge in [0, 0.05) is 6.54 Å². The molecular weight excluding hydrogens is 207 g/mol. The highest BCUT2D eigenvalue weighted by molar-refractivity contribution is 5.57. The van der Waals surface area contributed by atoms with Crippen LogP contribution in [0.3, 0.4) is 0 Å². The van der Waals surface area contributed by atoms with Crippen LogP contribution in [0.2, 0.25) is 0 Å². The van der Waals surface area contributed by atoms with Gasteiger partial charge in [-0.25, -0.2) is 4.39 Å². The third-order valence-corrected chi connectivity index (χ3v) is 2.92. The van der Waals surface area contributed by atoms with E-state index in [-0.39, 0.29) is 11.7 Å². The number of hydrogen-bond acceptors (Lipinski definition) is 3. The van der Waals surface area contributed by atoms with Gasteiger partial charge in [-0.15, -0.1) is 0 Å². The first kappa shape index (κ1) is 10.9. The molecule has 1 fully saturated rings. The van der Waals surface area contributed by atoms with Gasteiger partial charge in [0.2, 0.25) is 0 Å². The fourth-order valence-corrected chi connectivity index (χ4v) is 1.91. The zero-order chi connectivity index (χ0) is 11.5. The molecule has 1 aliphatic carbocycles. The zero-order valence-electron chi connectivity index (χ0n) is 8.78. The molecule has 0 bridgehead atoms. The van der Waals surface area contributed by atoms with E-state index >= 15 is 0 Å². The van der Waals surface area contributed by atoms with E-state index in [9.17, 15) is 4.39 Å². The van der Waals surface area contributed by atoms with Gasteiger partial charge in [-0.1, -0.05) is 6.07 Å². The van der Waals surface area contributed by atoms with Gasteiger partial charge in [0.25, 0.3) is 0 Å². The third-order valence-electron chi connectivity index (χ3n) is 2.92. The van der Waals surface area contributed by atoms with Crippen molar-refractivity contribution in [1.29, 1.82) is 5.26 Å². The molecule has 2 rings (SSSR count). The molecule has 0 atom stereocenters. The number of hydrogen-bond donors (Lipinski definition) is 2. The van der Waals surface area contributed by atoms with Crippen molar-refractivity contribution in [2.45, 2.75) is 18.9 Å². The van der Waals surface area contributed by atoms with Gasteiger partial charge in [-0.05, 0) is 30.9 Å². The van der Waals surface area contributed by atoms with Crippen molar-refractivity contribution in [3.8, 4) is 6.07 Å². The SMILES string of the molecule is N#Cc1c(F)cccc1NCC1CC(O)C1. The van der Waals surface area contributed by atoms with E-state index < -0.39 is 5.82 Å². The highest BCUT2D eigenvalue weighted by atomic mass is 19.1. The van der Waals surface area contributed by atoms with Crippen LogP contribution in [0.1, 0.15) is 18.4 Å². The van der Waals surface area contributed by atoms with Crippen LogP contribution in [0, 0.1) is 23.1 Å². The standard InChI is InChI=1S/C12H13FN2O/c13-11-2-1-3-12(10(11)6-14)15-7-8-4-9(16)5-8/h1-3,8-9,15-16H,4-5,7H2. The Hall–Kier alpha value is -1.60. The maximum Gasteiger partial charge on any atom is 0.143 e. The van der Waals surface area contributed by atoms with E-state index in [0.29, 0.717) is 18.2 Å². The number of nitrogens with one attached hydrogen (secondary N) is 1. The monoisotopic (exact) mass is 220 g/mol. The molecule has 1 aromatic rings. The Morgan fingerprint density at radius 3 is 2.88 bits per heavy atom. The summed E-state index contributed by atoms with van der Waals surface area (Å²) in [6, 6.07) is 6.39. The van der Waals surface area contributed by atoms with E-state index in [1.54, 1.807) is 12.1 Å². The molecule has 1 aromatic carbocycles. The van der Waals surface area contributed by atoms with Gasteiger partial charge < -0.3 is 10.4 Å². The van der Waals surface area contributed by atoms with E-state index in [0.717, 1.165) is 12.8 Å². The van der Waals surface area contributed by atoms with Gasteiger partial charge in [0.15, 0.2) is 0 Å². The lowest BCUT2D eigenvalue weighted by molar-refractivity contribution is 0.0487. The van der Waals surface area contributed by atoms with Crippen LogP contribution in [0.25, 0.3) is 0 Å². The number of aliphatic hydroxyl groups excluding tert-OH is 1. The van der Waals surface area contributed by atoms with Crippen LogP contribution >= 0.6 is 0 Å². The van der Waals surface area contributed by atoms with Crippen molar-refractivity contribution in [1.82, 2.24) is 0 Å². The number of halogens is 1. The van der Waals surface area contributed by atoms with Crippen molar-refractivity contribution in [2.24, 2.45) is 5.92 Å². The molecule has 3 nitrogen and oxygen atoms in total. The predicted octanol–water partition coefficient (Wildman–Crippen LogP) is 1.88. The maximum atomic E-state index is 13.2. The van der Waals surface area contributed by atoms with Gasteiger partial charge >= 0.3 is 0 Å². The molecule has 1 aliphatic rings. The molecular formula is C12H13FN2O. The second-order valence-corrected chi connectivity index (χ2v) is 4.15. The minimum absolute atomic E-state index is 0.0578. The highest BCUT2D eigenvalue weighted by Crippen LogP contribution is 2.28. The van der Waals surface area contributed by atoms with Gasteiger partial charge in [0.05, 0.1) is 11.8 Å². The zero-order valence-corrected chi connectivity index (χ0v) is 8.78. The largest absolute Gasteiger partial charge is 0.393 e. The Kier molecular flexibility index (Phi) is 3.07. The maximum absolute atomic E-state index is 13.2. The lowest BCUT2D eigenvalue weighted by Gasteiger charge is -2.31. The lowest BCUT2D eigenvalue weighted by atomic mass is 9.82. The Morgan fingerprint density at radius 2 is 2.25 bits per heavy atom. The van der Waals surface area contributed by atoms with Gasteiger partial charge in [-0.2, -0.15) is 5.26 Å². The average Bonchev–Trinajstić information content (AvgIpc) is 2.23.